The summed E-state index contributed by atoms with van der Waals surface area (Å²) in [4.78, 5) is 39.3. The van der Waals surface area contributed by atoms with Crippen molar-refractivity contribution in [2.24, 2.45) is 5.73 Å². The summed E-state index contributed by atoms with van der Waals surface area (Å²) in [6, 6.07) is 20.9. The van der Waals surface area contributed by atoms with Crippen LogP contribution in [-0.4, -0.2) is 53.6 Å². The van der Waals surface area contributed by atoms with Crippen molar-refractivity contribution in [2.45, 2.75) is 44.7 Å². The van der Waals surface area contributed by atoms with Crippen LogP contribution >= 0.6 is 0 Å². The Labute approximate surface area is 223 Å². The minimum atomic E-state index is -1.10. The third kappa shape index (κ3) is 6.70. The molecular formula is C30H34N2O6. The molecule has 8 heteroatoms. The molecule has 0 spiro atoms. The number of carbonyl (C=O) groups is 3. The van der Waals surface area contributed by atoms with Crippen molar-refractivity contribution in [3.63, 3.8) is 0 Å². The van der Waals surface area contributed by atoms with Gasteiger partial charge < -0.3 is 25.2 Å². The Morgan fingerprint density at radius 3 is 2.16 bits per heavy atom. The van der Waals surface area contributed by atoms with Gasteiger partial charge in [0.05, 0.1) is 14.2 Å². The van der Waals surface area contributed by atoms with Gasteiger partial charge in [-0.1, -0.05) is 42.5 Å². The van der Waals surface area contributed by atoms with Crippen LogP contribution in [0.2, 0.25) is 0 Å². The van der Waals surface area contributed by atoms with Gasteiger partial charge in [-0.3, -0.25) is 14.4 Å². The summed E-state index contributed by atoms with van der Waals surface area (Å²) in [6.45, 7) is 3.70. The van der Waals surface area contributed by atoms with Gasteiger partial charge in [0.25, 0.3) is 5.91 Å². The second kappa shape index (κ2) is 12.3. The van der Waals surface area contributed by atoms with Crippen LogP contribution in [0.25, 0.3) is 11.1 Å². The largest absolute Gasteiger partial charge is 0.497 e. The maximum atomic E-state index is 14.0. The first-order chi connectivity index (χ1) is 18.1. The average Bonchev–Trinajstić information content (AvgIpc) is 2.90. The van der Waals surface area contributed by atoms with E-state index in [2.05, 4.69) is 0 Å². The van der Waals surface area contributed by atoms with Crippen LogP contribution in [0.1, 0.15) is 42.6 Å². The number of carboxylic acids is 1. The van der Waals surface area contributed by atoms with Gasteiger partial charge in [-0.05, 0) is 62.1 Å². The van der Waals surface area contributed by atoms with Crippen LogP contribution in [0.5, 0.6) is 11.5 Å². The molecule has 0 aliphatic rings. The van der Waals surface area contributed by atoms with Gasteiger partial charge in [-0.15, -0.1) is 0 Å². The molecular weight excluding hydrogens is 484 g/mol. The van der Waals surface area contributed by atoms with Crippen molar-refractivity contribution >= 4 is 17.8 Å². The highest BCUT2D eigenvalue weighted by atomic mass is 16.5. The van der Waals surface area contributed by atoms with E-state index >= 15 is 0 Å². The van der Waals surface area contributed by atoms with Gasteiger partial charge in [0.15, 0.2) is 0 Å². The number of carbonyl (C=O) groups excluding carboxylic acids is 2. The number of hydrogen-bond acceptors (Lipinski definition) is 5. The Hall–Kier alpha value is -4.33. The highest BCUT2D eigenvalue weighted by Crippen LogP contribution is 2.34. The predicted octanol–water partition coefficient (Wildman–Crippen LogP) is 4.55. The molecule has 0 fully saturated rings. The number of carboxylic acid groups (broad SMARTS) is 1. The third-order valence-corrected chi connectivity index (χ3v) is 6.47. The summed E-state index contributed by atoms with van der Waals surface area (Å²) in [7, 11) is 3.15. The Kier molecular flexibility index (Phi) is 9.12. The molecule has 3 aromatic carbocycles. The Morgan fingerprint density at radius 2 is 1.61 bits per heavy atom. The van der Waals surface area contributed by atoms with E-state index in [1.807, 2.05) is 56.3 Å². The second-order valence-electron chi connectivity index (χ2n) is 9.64. The Bertz CT molecular complexity index is 1270. The normalized spacial score (nSPS) is 11.9. The zero-order valence-electron chi connectivity index (χ0n) is 22.1. The van der Waals surface area contributed by atoms with Crippen LogP contribution in [0.15, 0.2) is 72.8 Å². The molecule has 0 bridgehead atoms. The van der Waals surface area contributed by atoms with Gasteiger partial charge in [0.2, 0.25) is 5.91 Å². The molecule has 200 valence electrons. The Morgan fingerprint density at radius 1 is 0.947 bits per heavy atom. The number of aliphatic carboxylic acids is 1. The molecule has 1 atom stereocenters. The molecule has 0 aliphatic heterocycles. The fourth-order valence-electron chi connectivity index (χ4n) is 4.65. The number of methoxy groups -OCH3 is 2. The van der Waals surface area contributed by atoms with Crippen LogP contribution in [0.4, 0.5) is 0 Å². The molecule has 0 heterocycles. The number of benzene rings is 3. The molecule has 3 N–H and O–H groups in total. The number of ether oxygens (including phenoxy) is 2. The van der Waals surface area contributed by atoms with E-state index in [-0.39, 0.29) is 12.8 Å². The summed E-state index contributed by atoms with van der Waals surface area (Å²) in [5.41, 5.74) is 7.86. The molecule has 0 radical (unpaired) electrons. The quantitative estimate of drug-likeness (QED) is 0.363. The van der Waals surface area contributed by atoms with Crippen molar-refractivity contribution < 1.29 is 29.0 Å². The SMILES string of the molecule is COc1ccc(-c2ccc(C(=O)N([C@@H](CCC(=O)O)C(N)=O)C(C)(C)Cc3ccccc3)cc2)c(OC)c1. The third-order valence-electron chi connectivity index (χ3n) is 6.47. The van der Waals surface area contributed by atoms with Crippen LogP contribution in [-0.2, 0) is 16.0 Å². The van der Waals surface area contributed by atoms with Crippen molar-refractivity contribution in [3.8, 4) is 22.6 Å². The van der Waals surface area contributed by atoms with Gasteiger partial charge in [-0.2, -0.15) is 0 Å². The molecule has 8 nitrogen and oxygen atoms in total. The molecule has 0 saturated carbocycles. The van der Waals surface area contributed by atoms with E-state index in [1.54, 1.807) is 44.6 Å². The van der Waals surface area contributed by atoms with Gasteiger partial charge >= 0.3 is 5.97 Å². The summed E-state index contributed by atoms with van der Waals surface area (Å²) in [5, 5.41) is 9.26. The lowest BCUT2D eigenvalue weighted by molar-refractivity contribution is -0.137. The van der Waals surface area contributed by atoms with E-state index < -0.39 is 29.4 Å². The predicted molar refractivity (Wildman–Crippen MR) is 145 cm³/mol. The zero-order valence-corrected chi connectivity index (χ0v) is 22.1. The number of amides is 2. The van der Waals surface area contributed by atoms with Crippen LogP contribution in [0, 0.1) is 0 Å². The Balaban J connectivity index is 2.00. The maximum absolute atomic E-state index is 14.0. The highest BCUT2D eigenvalue weighted by Gasteiger charge is 2.39. The summed E-state index contributed by atoms with van der Waals surface area (Å²) < 4.78 is 10.8. The van der Waals surface area contributed by atoms with Crippen molar-refractivity contribution in [3.05, 3.63) is 83.9 Å². The van der Waals surface area contributed by atoms with Crippen LogP contribution < -0.4 is 15.2 Å². The second-order valence-corrected chi connectivity index (χ2v) is 9.64. The number of nitrogens with two attached hydrogens (primary N) is 1. The van der Waals surface area contributed by atoms with Crippen molar-refractivity contribution in [1.82, 2.24) is 4.90 Å². The minimum absolute atomic E-state index is 0.0875. The van der Waals surface area contributed by atoms with E-state index in [9.17, 15) is 19.5 Å². The molecule has 0 unspecified atom stereocenters. The molecule has 0 saturated heterocycles. The monoisotopic (exact) mass is 518 g/mol. The van der Waals surface area contributed by atoms with E-state index in [0.29, 0.717) is 23.5 Å². The fourth-order valence-corrected chi connectivity index (χ4v) is 4.65. The first-order valence-corrected chi connectivity index (χ1v) is 12.3. The fraction of sp³-hybridized carbons (Fsp3) is 0.300. The maximum Gasteiger partial charge on any atom is 0.303 e. The highest BCUT2D eigenvalue weighted by molar-refractivity contribution is 5.98. The number of rotatable bonds is 12. The molecule has 2 amide bonds. The molecule has 38 heavy (non-hydrogen) atoms. The lowest BCUT2D eigenvalue weighted by Gasteiger charge is -2.43. The molecule has 3 rings (SSSR count). The van der Waals surface area contributed by atoms with E-state index in [0.717, 1.165) is 16.7 Å². The molecule has 3 aromatic rings. The summed E-state index contributed by atoms with van der Waals surface area (Å²) >= 11 is 0. The number of primary amides is 1. The smallest absolute Gasteiger partial charge is 0.303 e. The van der Waals surface area contributed by atoms with E-state index in [4.69, 9.17) is 15.2 Å². The van der Waals surface area contributed by atoms with Gasteiger partial charge in [0, 0.05) is 29.2 Å². The molecule has 0 aliphatic carbocycles. The molecule has 0 aromatic heterocycles. The first-order valence-electron chi connectivity index (χ1n) is 12.3. The van der Waals surface area contributed by atoms with Crippen molar-refractivity contribution in [1.29, 1.82) is 0 Å². The first kappa shape index (κ1) is 28.2. The summed E-state index contributed by atoms with van der Waals surface area (Å²) in [5.74, 6) is -0.944. The lowest BCUT2D eigenvalue weighted by atomic mass is 9.89. The average molecular weight is 519 g/mol. The number of hydrogen-bond donors (Lipinski definition) is 2. The van der Waals surface area contributed by atoms with Crippen molar-refractivity contribution in [2.75, 3.05) is 14.2 Å². The van der Waals surface area contributed by atoms with Gasteiger partial charge in [0.1, 0.15) is 17.5 Å². The lowest BCUT2D eigenvalue weighted by Crippen LogP contribution is -2.58. The van der Waals surface area contributed by atoms with Crippen LogP contribution in [0.3, 0.4) is 0 Å². The zero-order chi connectivity index (χ0) is 27.9. The topological polar surface area (TPSA) is 119 Å². The minimum Gasteiger partial charge on any atom is -0.497 e. The summed E-state index contributed by atoms with van der Waals surface area (Å²) in [6.07, 6.45) is 0.0579. The van der Waals surface area contributed by atoms with E-state index in [1.165, 1.54) is 4.90 Å². The van der Waals surface area contributed by atoms with Gasteiger partial charge in [-0.25, -0.2) is 0 Å². The number of nitrogens with zero attached hydrogens (tertiary/aromatic N) is 1. The standard InChI is InChI=1S/C30H34N2O6/c1-30(2,19-20-8-6-5-7-9-20)32(25(28(31)35)16-17-27(33)34)29(36)22-12-10-21(11-13-22)24-15-14-23(37-3)18-26(24)38-4/h5-15,18,25H,16-17,19H2,1-4H3,(H2,31,35)(H,33,34)/t25-/m0/s1.